The average Bonchev–Trinajstić information content (AvgIpc) is 3.44. The molecule has 6 nitrogen and oxygen atoms in total. The summed E-state index contributed by atoms with van der Waals surface area (Å²) in [6.07, 6.45) is 8.24. The predicted molar refractivity (Wildman–Crippen MR) is 120 cm³/mol. The number of nitrogens with two attached hydrogens (primary N) is 1. The van der Waals surface area contributed by atoms with Crippen LogP contribution in [0.2, 0.25) is 5.02 Å². The van der Waals surface area contributed by atoms with Gasteiger partial charge in [-0.1, -0.05) is 11.6 Å². The fourth-order valence-corrected chi connectivity index (χ4v) is 4.82. The standard InChI is InChI=1S/C21H30ClN5OS/c1-28-9-8-24-15-4-6-21(23,7-5-15)19-10-16(17(22)12-25-19)18-13-29-20(27-18)26-11-14-2-3-14/h10,12-15,24H,2-9,11,23H2,1H3,(H,26,27). The molecule has 8 heteroatoms. The number of ether oxygens (including phenoxy) is 1. The van der Waals surface area contributed by atoms with E-state index in [-0.39, 0.29) is 0 Å². The molecule has 0 aromatic carbocycles. The molecule has 4 rings (SSSR count). The smallest absolute Gasteiger partial charge is 0.183 e. The highest BCUT2D eigenvalue weighted by Gasteiger charge is 2.35. The lowest BCUT2D eigenvalue weighted by Crippen LogP contribution is -2.46. The minimum Gasteiger partial charge on any atom is -0.383 e. The number of anilines is 1. The van der Waals surface area contributed by atoms with Gasteiger partial charge in [-0.05, 0) is 50.5 Å². The number of rotatable bonds is 9. The van der Waals surface area contributed by atoms with Gasteiger partial charge in [0.05, 0.1) is 28.6 Å². The Kier molecular flexibility index (Phi) is 6.71. The Balaban J connectivity index is 1.44. The van der Waals surface area contributed by atoms with Crippen LogP contribution in [0.1, 0.15) is 44.2 Å². The molecule has 2 fully saturated rings. The third kappa shape index (κ3) is 5.27. The molecule has 0 radical (unpaired) electrons. The zero-order valence-electron chi connectivity index (χ0n) is 16.9. The van der Waals surface area contributed by atoms with Gasteiger partial charge >= 0.3 is 0 Å². The molecule has 0 spiro atoms. The molecule has 2 aromatic heterocycles. The van der Waals surface area contributed by atoms with Gasteiger partial charge in [-0.25, -0.2) is 4.98 Å². The number of hydrogen-bond donors (Lipinski definition) is 3. The van der Waals surface area contributed by atoms with E-state index in [1.165, 1.54) is 12.8 Å². The highest BCUT2D eigenvalue weighted by molar-refractivity contribution is 7.14. The van der Waals surface area contributed by atoms with Gasteiger partial charge < -0.3 is 21.1 Å². The Bertz CT molecular complexity index is 817. The average molecular weight is 436 g/mol. The van der Waals surface area contributed by atoms with Crippen molar-refractivity contribution in [2.45, 2.75) is 50.1 Å². The fraction of sp³-hybridized carbons (Fsp3) is 0.619. The summed E-state index contributed by atoms with van der Waals surface area (Å²) in [5.74, 6) is 0.815. The molecule has 2 aromatic rings. The van der Waals surface area contributed by atoms with Crippen molar-refractivity contribution in [3.63, 3.8) is 0 Å². The molecule has 158 valence electrons. The minimum absolute atomic E-state index is 0.415. The summed E-state index contributed by atoms with van der Waals surface area (Å²) >= 11 is 8.10. The third-order valence-electron chi connectivity index (χ3n) is 6.00. The molecule has 0 aliphatic heterocycles. The van der Waals surface area contributed by atoms with Crippen LogP contribution in [0.4, 0.5) is 5.13 Å². The maximum Gasteiger partial charge on any atom is 0.183 e. The Labute approximate surface area is 181 Å². The Morgan fingerprint density at radius 2 is 2.10 bits per heavy atom. The summed E-state index contributed by atoms with van der Waals surface area (Å²) in [4.78, 5) is 9.33. The molecule has 0 bridgehead atoms. The highest BCUT2D eigenvalue weighted by Crippen LogP contribution is 2.38. The maximum atomic E-state index is 6.80. The summed E-state index contributed by atoms with van der Waals surface area (Å²) in [6, 6.07) is 2.54. The van der Waals surface area contributed by atoms with Gasteiger partial charge in [0.2, 0.25) is 0 Å². The van der Waals surface area contributed by atoms with E-state index in [0.717, 1.165) is 73.4 Å². The van der Waals surface area contributed by atoms with Crippen molar-refractivity contribution in [2.75, 3.05) is 32.1 Å². The monoisotopic (exact) mass is 435 g/mol. The van der Waals surface area contributed by atoms with Crippen LogP contribution < -0.4 is 16.4 Å². The topological polar surface area (TPSA) is 85.1 Å². The highest BCUT2D eigenvalue weighted by atomic mass is 35.5. The lowest BCUT2D eigenvalue weighted by molar-refractivity contribution is 0.184. The van der Waals surface area contributed by atoms with Gasteiger partial charge in [-0.3, -0.25) is 4.98 Å². The van der Waals surface area contributed by atoms with Gasteiger partial charge in [-0.2, -0.15) is 0 Å². The van der Waals surface area contributed by atoms with Crippen molar-refractivity contribution in [1.29, 1.82) is 0 Å². The van der Waals surface area contributed by atoms with Crippen LogP contribution in [0.25, 0.3) is 11.3 Å². The molecular weight excluding hydrogens is 406 g/mol. The fourth-order valence-electron chi connectivity index (χ4n) is 3.90. The number of thiazole rings is 1. The number of methoxy groups -OCH3 is 1. The van der Waals surface area contributed by atoms with Crippen LogP contribution in [0.15, 0.2) is 17.6 Å². The van der Waals surface area contributed by atoms with Crippen molar-refractivity contribution < 1.29 is 4.74 Å². The van der Waals surface area contributed by atoms with Crippen LogP contribution in [-0.4, -0.2) is 42.8 Å². The molecule has 0 amide bonds. The number of nitrogens with zero attached hydrogens (tertiary/aromatic N) is 2. The zero-order valence-corrected chi connectivity index (χ0v) is 18.5. The molecule has 2 aliphatic carbocycles. The first-order chi connectivity index (χ1) is 14.1. The second-order valence-corrected chi connectivity index (χ2v) is 9.55. The number of halogens is 1. The van der Waals surface area contributed by atoms with Crippen molar-refractivity contribution in [3.8, 4) is 11.3 Å². The van der Waals surface area contributed by atoms with Crippen molar-refractivity contribution >= 4 is 28.1 Å². The first kappa shape index (κ1) is 21.0. The van der Waals surface area contributed by atoms with Gasteiger partial charge in [0.1, 0.15) is 0 Å². The molecule has 2 aliphatic rings. The summed E-state index contributed by atoms with van der Waals surface area (Å²) in [5.41, 5.74) is 9.10. The minimum atomic E-state index is -0.415. The van der Waals surface area contributed by atoms with Crippen LogP contribution in [-0.2, 0) is 10.3 Å². The van der Waals surface area contributed by atoms with Crippen LogP contribution in [0, 0.1) is 5.92 Å². The summed E-state index contributed by atoms with van der Waals surface area (Å²) in [7, 11) is 1.73. The molecule has 4 N–H and O–H groups in total. The van der Waals surface area contributed by atoms with Gasteiger partial charge in [0.25, 0.3) is 0 Å². The molecule has 0 saturated heterocycles. The summed E-state index contributed by atoms with van der Waals surface area (Å²) in [5, 5.41) is 10.6. The summed E-state index contributed by atoms with van der Waals surface area (Å²) < 4.78 is 5.12. The lowest BCUT2D eigenvalue weighted by Gasteiger charge is -2.37. The SMILES string of the molecule is COCCNC1CCC(N)(c2cc(-c3csc(NCC4CC4)n3)c(Cl)cn2)CC1. The first-order valence-corrected chi connectivity index (χ1v) is 11.7. The van der Waals surface area contributed by atoms with Crippen molar-refractivity contribution in [1.82, 2.24) is 15.3 Å². The van der Waals surface area contributed by atoms with E-state index in [0.29, 0.717) is 11.1 Å². The van der Waals surface area contributed by atoms with E-state index in [2.05, 4.69) is 21.0 Å². The first-order valence-electron chi connectivity index (χ1n) is 10.4. The predicted octanol–water partition coefficient (Wildman–Crippen LogP) is 4.01. The van der Waals surface area contributed by atoms with Gasteiger partial charge in [0.15, 0.2) is 5.13 Å². The number of nitrogens with one attached hydrogen (secondary N) is 2. The number of hydrogen-bond acceptors (Lipinski definition) is 7. The van der Waals surface area contributed by atoms with Gasteiger partial charge in [-0.15, -0.1) is 11.3 Å². The lowest BCUT2D eigenvalue weighted by atomic mass is 9.77. The Morgan fingerprint density at radius 3 is 2.83 bits per heavy atom. The largest absolute Gasteiger partial charge is 0.383 e. The molecular formula is C21H30ClN5OS. The van der Waals surface area contributed by atoms with Crippen LogP contribution in [0.3, 0.4) is 0 Å². The maximum absolute atomic E-state index is 6.80. The van der Waals surface area contributed by atoms with Crippen LogP contribution in [0.5, 0.6) is 0 Å². The van der Waals surface area contributed by atoms with E-state index in [9.17, 15) is 0 Å². The van der Waals surface area contributed by atoms with E-state index >= 15 is 0 Å². The molecule has 2 heterocycles. The molecule has 0 unspecified atom stereocenters. The number of aromatic nitrogens is 2. The molecule has 2 saturated carbocycles. The molecule has 0 atom stereocenters. The Hall–Kier alpha value is -1.25. The van der Waals surface area contributed by atoms with Crippen LogP contribution >= 0.6 is 22.9 Å². The van der Waals surface area contributed by atoms with Gasteiger partial charge in [0, 0.05) is 43.4 Å². The molecule has 29 heavy (non-hydrogen) atoms. The zero-order chi connectivity index (χ0) is 20.3. The second kappa shape index (κ2) is 9.27. The van der Waals surface area contributed by atoms with Crippen molar-refractivity contribution in [3.05, 3.63) is 28.4 Å². The third-order valence-corrected chi connectivity index (χ3v) is 7.10. The normalized spacial score (nSPS) is 24.6. The van der Waals surface area contributed by atoms with Crippen molar-refractivity contribution in [2.24, 2.45) is 11.7 Å². The van der Waals surface area contributed by atoms with E-state index in [1.54, 1.807) is 24.6 Å². The Morgan fingerprint density at radius 1 is 1.31 bits per heavy atom. The van der Waals surface area contributed by atoms with E-state index in [4.69, 9.17) is 27.1 Å². The van der Waals surface area contributed by atoms with E-state index in [1.807, 2.05) is 6.07 Å². The quantitative estimate of drug-likeness (QED) is 0.516. The second-order valence-electron chi connectivity index (χ2n) is 8.29. The van der Waals surface area contributed by atoms with E-state index < -0.39 is 5.54 Å². The number of pyridine rings is 1. The summed E-state index contributed by atoms with van der Waals surface area (Å²) in [6.45, 7) is 2.62.